The van der Waals surface area contributed by atoms with E-state index in [4.69, 9.17) is 16.3 Å². The van der Waals surface area contributed by atoms with Gasteiger partial charge in [0.15, 0.2) is 0 Å². The van der Waals surface area contributed by atoms with Crippen LogP contribution in [0, 0.1) is 0 Å². The number of ether oxygens (including phenoxy) is 1. The second-order valence-corrected chi connectivity index (χ2v) is 5.05. The minimum Gasteiger partial charge on any atom is -0.454 e. The zero-order valence-electron chi connectivity index (χ0n) is 10.8. The molecule has 1 unspecified atom stereocenters. The smallest absolute Gasteiger partial charge is 0.336 e. The van der Waals surface area contributed by atoms with Crippen LogP contribution in [0.5, 0.6) is 0 Å². The van der Waals surface area contributed by atoms with E-state index in [1.54, 1.807) is 0 Å². The highest BCUT2D eigenvalue weighted by atomic mass is 35.5. The van der Waals surface area contributed by atoms with Crippen molar-refractivity contribution in [1.29, 1.82) is 0 Å². The summed E-state index contributed by atoms with van der Waals surface area (Å²) in [7, 11) is 0. The van der Waals surface area contributed by atoms with Crippen LogP contribution in [0.4, 0.5) is 0 Å². The molecule has 0 aliphatic carbocycles. The molecule has 2 aromatic rings. The summed E-state index contributed by atoms with van der Waals surface area (Å²) >= 11 is 6.34. The topological polar surface area (TPSA) is 26.3 Å². The van der Waals surface area contributed by atoms with Gasteiger partial charge in [-0.2, -0.15) is 0 Å². The fourth-order valence-electron chi connectivity index (χ4n) is 2.30. The number of cyclic esters (lactones) is 1. The Morgan fingerprint density at radius 3 is 2.25 bits per heavy atom. The van der Waals surface area contributed by atoms with Crippen molar-refractivity contribution in [3.63, 3.8) is 0 Å². The third kappa shape index (κ3) is 2.47. The molecule has 0 spiro atoms. The molecule has 1 fully saturated rings. The number of esters is 1. The van der Waals surface area contributed by atoms with E-state index in [1.807, 2.05) is 60.7 Å². The Bertz CT molecular complexity index is 647. The second kappa shape index (κ2) is 5.51. The molecule has 0 amide bonds. The number of carbonyl (C=O) groups excluding carboxylic acids is 1. The van der Waals surface area contributed by atoms with Crippen molar-refractivity contribution < 1.29 is 9.53 Å². The standard InChI is InChI=1S/C17H13ClO2/c18-16(13-9-5-2-6-10-13)14-11-15(20-17(14)19)12-7-3-1-4-8-12/h1-10,15H,11H2/b16-14-. The summed E-state index contributed by atoms with van der Waals surface area (Å²) in [5, 5.41) is 0.481. The predicted molar refractivity (Wildman–Crippen MR) is 79.1 cm³/mol. The minimum absolute atomic E-state index is 0.240. The number of hydrogen-bond acceptors (Lipinski definition) is 2. The number of halogens is 1. The molecule has 3 rings (SSSR count). The van der Waals surface area contributed by atoms with Crippen LogP contribution in [0.15, 0.2) is 66.2 Å². The summed E-state index contributed by atoms with van der Waals surface area (Å²) in [6.07, 6.45) is 0.271. The van der Waals surface area contributed by atoms with Gasteiger partial charge in [-0.15, -0.1) is 0 Å². The van der Waals surface area contributed by atoms with E-state index >= 15 is 0 Å². The van der Waals surface area contributed by atoms with Crippen LogP contribution >= 0.6 is 11.6 Å². The lowest BCUT2D eigenvalue weighted by atomic mass is 10.0. The summed E-state index contributed by atoms with van der Waals surface area (Å²) in [6.45, 7) is 0. The molecule has 1 saturated heterocycles. The summed E-state index contributed by atoms with van der Waals surface area (Å²) in [4.78, 5) is 12.0. The lowest BCUT2D eigenvalue weighted by molar-refractivity contribution is -0.139. The van der Waals surface area contributed by atoms with Crippen molar-refractivity contribution in [2.75, 3.05) is 0 Å². The van der Waals surface area contributed by atoms with Gasteiger partial charge in [-0.3, -0.25) is 0 Å². The Labute approximate surface area is 122 Å². The Kier molecular flexibility index (Phi) is 3.57. The summed E-state index contributed by atoms with van der Waals surface area (Å²) in [5.41, 5.74) is 2.38. The average Bonchev–Trinajstić information content (AvgIpc) is 2.90. The van der Waals surface area contributed by atoms with Crippen molar-refractivity contribution in [3.05, 3.63) is 77.4 Å². The highest BCUT2D eigenvalue weighted by Crippen LogP contribution is 2.38. The maximum Gasteiger partial charge on any atom is 0.336 e. The van der Waals surface area contributed by atoms with E-state index in [0.29, 0.717) is 17.0 Å². The van der Waals surface area contributed by atoms with Crippen molar-refractivity contribution in [2.45, 2.75) is 12.5 Å². The lowest BCUT2D eigenvalue weighted by Gasteiger charge is -2.07. The number of hydrogen-bond donors (Lipinski definition) is 0. The highest BCUT2D eigenvalue weighted by Gasteiger charge is 2.32. The molecule has 0 saturated carbocycles. The van der Waals surface area contributed by atoms with Gasteiger partial charge in [0.25, 0.3) is 0 Å². The molecule has 20 heavy (non-hydrogen) atoms. The molecule has 0 N–H and O–H groups in total. The first-order valence-corrected chi connectivity index (χ1v) is 6.83. The van der Waals surface area contributed by atoms with Crippen LogP contribution in [-0.2, 0) is 9.53 Å². The van der Waals surface area contributed by atoms with E-state index < -0.39 is 0 Å². The van der Waals surface area contributed by atoms with E-state index in [-0.39, 0.29) is 12.1 Å². The zero-order valence-corrected chi connectivity index (χ0v) is 11.5. The Morgan fingerprint density at radius 2 is 1.60 bits per heavy atom. The first-order valence-electron chi connectivity index (χ1n) is 6.45. The SMILES string of the molecule is O=C1OC(c2ccccc2)C/C1=C(/Cl)c1ccccc1. The molecule has 2 aromatic carbocycles. The van der Waals surface area contributed by atoms with Crippen LogP contribution in [0.3, 0.4) is 0 Å². The molecule has 2 nitrogen and oxygen atoms in total. The Balaban J connectivity index is 1.91. The summed E-state index contributed by atoms with van der Waals surface area (Å²) < 4.78 is 5.42. The molecule has 0 radical (unpaired) electrons. The summed E-state index contributed by atoms with van der Waals surface area (Å²) in [6, 6.07) is 19.2. The van der Waals surface area contributed by atoms with Crippen molar-refractivity contribution in [3.8, 4) is 0 Å². The van der Waals surface area contributed by atoms with E-state index in [9.17, 15) is 4.79 Å². The number of carbonyl (C=O) groups is 1. The van der Waals surface area contributed by atoms with Gasteiger partial charge in [-0.05, 0) is 11.1 Å². The Hall–Kier alpha value is -2.06. The predicted octanol–water partition coefficient (Wildman–Crippen LogP) is 4.32. The fraction of sp³-hybridized carbons (Fsp3) is 0.118. The first kappa shape index (κ1) is 12.9. The van der Waals surface area contributed by atoms with Crippen molar-refractivity contribution >= 4 is 22.6 Å². The number of rotatable bonds is 2. The first-order chi connectivity index (χ1) is 9.75. The molecule has 3 heteroatoms. The zero-order chi connectivity index (χ0) is 13.9. The van der Waals surface area contributed by atoms with Gasteiger partial charge >= 0.3 is 5.97 Å². The maximum atomic E-state index is 12.0. The highest BCUT2D eigenvalue weighted by molar-refractivity contribution is 6.51. The minimum atomic E-state index is -0.326. The molecular formula is C17H13ClO2. The van der Waals surface area contributed by atoms with Gasteiger partial charge in [0.05, 0.1) is 10.6 Å². The lowest BCUT2D eigenvalue weighted by Crippen LogP contribution is -1.99. The van der Waals surface area contributed by atoms with Crippen LogP contribution in [0.25, 0.3) is 5.03 Å². The summed E-state index contributed by atoms with van der Waals surface area (Å²) in [5.74, 6) is -0.326. The quantitative estimate of drug-likeness (QED) is 0.606. The van der Waals surface area contributed by atoms with Gasteiger partial charge < -0.3 is 4.74 Å². The molecule has 1 heterocycles. The van der Waals surface area contributed by atoms with Gasteiger partial charge in [-0.1, -0.05) is 72.3 Å². The maximum absolute atomic E-state index is 12.0. The molecule has 100 valence electrons. The van der Waals surface area contributed by atoms with E-state index in [2.05, 4.69) is 0 Å². The fourth-order valence-corrected chi connectivity index (χ4v) is 2.58. The van der Waals surface area contributed by atoms with Crippen LogP contribution in [0.2, 0.25) is 0 Å². The average molecular weight is 285 g/mol. The van der Waals surface area contributed by atoms with Gasteiger partial charge in [0.1, 0.15) is 6.10 Å². The largest absolute Gasteiger partial charge is 0.454 e. The van der Waals surface area contributed by atoms with Gasteiger partial charge in [0, 0.05) is 6.42 Å². The molecule has 1 atom stereocenters. The van der Waals surface area contributed by atoms with Gasteiger partial charge in [-0.25, -0.2) is 4.79 Å². The molecule has 0 aromatic heterocycles. The second-order valence-electron chi connectivity index (χ2n) is 4.67. The van der Waals surface area contributed by atoms with Crippen LogP contribution in [-0.4, -0.2) is 5.97 Å². The molecular weight excluding hydrogens is 272 g/mol. The molecule has 1 aliphatic heterocycles. The Morgan fingerprint density at radius 1 is 1.00 bits per heavy atom. The van der Waals surface area contributed by atoms with E-state index in [1.165, 1.54) is 0 Å². The monoisotopic (exact) mass is 284 g/mol. The third-order valence-corrected chi connectivity index (χ3v) is 3.80. The van der Waals surface area contributed by atoms with Gasteiger partial charge in [0.2, 0.25) is 0 Å². The van der Waals surface area contributed by atoms with Crippen molar-refractivity contribution in [1.82, 2.24) is 0 Å². The van der Waals surface area contributed by atoms with Crippen LogP contribution < -0.4 is 0 Å². The number of benzene rings is 2. The molecule has 1 aliphatic rings. The van der Waals surface area contributed by atoms with Crippen molar-refractivity contribution in [2.24, 2.45) is 0 Å². The van der Waals surface area contributed by atoms with E-state index in [0.717, 1.165) is 11.1 Å². The third-order valence-electron chi connectivity index (χ3n) is 3.35. The molecule has 0 bridgehead atoms. The van der Waals surface area contributed by atoms with Crippen LogP contribution in [0.1, 0.15) is 23.7 Å². The normalized spacial score (nSPS) is 20.6.